The minimum absolute atomic E-state index is 0.557. The van der Waals surface area contributed by atoms with Crippen molar-refractivity contribution in [1.82, 2.24) is 10.6 Å². The third-order valence-electron chi connectivity index (χ3n) is 2.40. The average molecular weight is 234 g/mol. The Labute approximate surface area is 104 Å². The highest BCUT2D eigenvalue weighted by molar-refractivity contribution is 5.27. The Morgan fingerprint density at radius 3 is 2.65 bits per heavy atom. The van der Waals surface area contributed by atoms with Crippen LogP contribution in [0.4, 0.5) is 0 Å². The van der Waals surface area contributed by atoms with Gasteiger partial charge in [0.05, 0.1) is 0 Å². The van der Waals surface area contributed by atoms with E-state index in [0.29, 0.717) is 6.61 Å². The van der Waals surface area contributed by atoms with Crippen LogP contribution < -0.4 is 15.4 Å². The summed E-state index contributed by atoms with van der Waals surface area (Å²) in [7, 11) is 1.97. The molecule has 3 nitrogen and oxygen atoms in total. The lowest BCUT2D eigenvalue weighted by Gasteiger charge is -2.06. The molecular weight excluding hydrogens is 212 g/mol. The van der Waals surface area contributed by atoms with Crippen LogP contribution >= 0.6 is 0 Å². The first-order valence-electron chi connectivity index (χ1n) is 6.04. The van der Waals surface area contributed by atoms with E-state index in [4.69, 9.17) is 4.74 Å². The van der Waals surface area contributed by atoms with Gasteiger partial charge in [0, 0.05) is 6.54 Å². The lowest BCUT2D eigenvalue weighted by molar-refractivity contribution is 0.363. The highest BCUT2D eigenvalue weighted by Crippen LogP contribution is 2.11. The van der Waals surface area contributed by atoms with E-state index in [1.54, 1.807) is 6.08 Å². The molecule has 0 aliphatic rings. The highest BCUT2D eigenvalue weighted by Gasteiger charge is 1.94. The Bertz CT molecular complexity index is 309. The van der Waals surface area contributed by atoms with Gasteiger partial charge in [-0.15, -0.1) is 0 Å². The van der Waals surface area contributed by atoms with Gasteiger partial charge in [0.1, 0.15) is 12.4 Å². The summed E-state index contributed by atoms with van der Waals surface area (Å²) in [5.74, 6) is 0.892. The third kappa shape index (κ3) is 6.09. The van der Waals surface area contributed by atoms with Gasteiger partial charge in [-0.1, -0.05) is 24.8 Å². The van der Waals surface area contributed by atoms with Gasteiger partial charge in [0.25, 0.3) is 0 Å². The summed E-state index contributed by atoms with van der Waals surface area (Å²) in [6.45, 7) is 7.18. The Hall–Kier alpha value is -1.32. The van der Waals surface area contributed by atoms with Crippen LogP contribution in [0.25, 0.3) is 0 Å². The van der Waals surface area contributed by atoms with Crippen LogP contribution in [0.3, 0.4) is 0 Å². The summed E-state index contributed by atoms with van der Waals surface area (Å²) in [6.07, 6.45) is 2.90. The fourth-order valence-corrected chi connectivity index (χ4v) is 1.48. The molecule has 0 radical (unpaired) electrons. The fourth-order valence-electron chi connectivity index (χ4n) is 1.48. The van der Waals surface area contributed by atoms with Gasteiger partial charge in [0.2, 0.25) is 0 Å². The molecule has 94 valence electrons. The molecule has 0 fully saturated rings. The second-order valence-corrected chi connectivity index (χ2v) is 3.88. The number of benzene rings is 1. The molecule has 0 saturated heterocycles. The molecule has 0 unspecified atom stereocenters. The summed E-state index contributed by atoms with van der Waals surface area (Å²) in [5, 5.41) is 6.53. The maximum atomic E-state index is 5.42. The Balaban J connectivity index is 2.23. The predicted molar refractivity (Wildman–Crippen MR) is 72.4 cm³/mol. The number of rotatable bonds is 9. The van der Waals surface area contributed by atoms with Crippen LogP contribution in [0.1, 0.15) is 12.0 Å². The molecule has 1 rings (SSSR count). The normalized spacial score (nSPS) is 10.2. The largest absolute Gasteiger partial charge is 0.490 e. The summed E-state index contributed by atoms with van der Waals surface area (Å²) in [5.41, 5.74) is 1.28. The fraction of sp³-hybridized carbons (Fsp3) is 0.429. The second kappa shape index (κ2) is 8.79. The molecule has 0 aliphatic heterocycles. The van der Waals surface area contributed by atoms with Crippen LogP contribution in [0.15, 0.2) is 36.9 Å². The van der Waals surface area contributed by atoms with Crippen molar-refractivity contribution in [2.75, 3.05) is 26.7 Å². The molecule has 0 bridgehead atoms. The SMILES string of the molecule is C=CCOc1ccc(CNCCCNC)cc1. The predicted octanol–water partition coefficient (Wildman–Crippen LogP) is 1.95. The smallest absolute Gasteiger partial charge is 0.119 e. The van der Waals surface area contributed by atoms with Crippen molar-refractivity contribution in [2.24, 2.45) is 0 Å². The second-order valence-electron chi connectivity index (χ2n) is 3.88. The topological polar surface area (TPSA) is 33.3 Å². The molecule has 2 N–H and O–H groups in total. The van der Waals surface area contributed by atoms with Gasteiger partial charge in [0.15, 0.2) is 0 Å². The molecule has 0 aliphatic carbocycles. The Kier molecular flexibility index (Phi) is 7.11. The van der Waals surface area contributed by atoms with E-state index in [-0.39, 0.29) is 0 Å². The molecule has 1 aromatic carbocycles. The monoisotopic (exact) mass is 234 g/mol. The average Bonchev–Trinajstić information content (AvgIpc) is 2.37. The lowest BCUT2D eigenvalue weighted by Crippen LogP contribution is -2.19. The molecule has 0 aromatic heterocycles. The van der Waals surface area contributed by atoms with Gasteiger partial charge in [-0.3, -0.25) is 0 Å². The van der Waals surface area contributed by atoms with E-state index >= 15 is 0 Å². The number of hydrogen-bond donors (Lipinski definition) is 2. The lowest BCUT2D eigenvalue weighted by atomic mass is 10.2. The zero-order chi connectivity index (χ0) is 12.3. The number of ether oxygens (including phenoxy) is 1. The first-order chi connectivity index (χ1) is 8.36. The standard InChI is InChI=1S/C14H22N2O/c1-3-11-17-14-7-5-13(6-8-14)12-16-10-4-9-15-2/h3,5-8,15-16H,1,4,9-12H2,2H3. The van der Waals surface area contributed by atoms with Crippen LogP contribution in [-0.2, 0) is 6.54 Å². The van der Waals surface area contributed by atoms with E-state index in [0.717, 1.165) is 31.8 Å². The molecule has 0 heterocycles. The first kappa shape index (κ1) is 13.7. The van der Waals surface area contributed by atoms with Crippen molar-refractivity contribution >= 4 is 0 Å². The van der Waals surface area contributed by atoms with Crippen LogP contribution in [0.5, 0.6) is 5.75 Å². The Morgan fingerprint density at radius 2 is 2.00 bits per heavy atom. The van der Waals surface area contributed by atoms with E-state index < -0.39 is 0 Å². The number of nitrogens with one attached hydrogen (secondary N) is 2. The van der Waals surface area contributed by atoms with Gasteiger partial charge in [-0.05, 0) is 44.3 Å². The molecule has 0 spiro atoms. The summed E-state index contributed by atoms with van der Waals surface area (Å²) < 4.78 is 5.42. The molecule has 0 atom stereocenters. The Morgan fingerprint density at radius 1 is 1.24 bits per heavy atom. The van der Waals surface area contributed by atoms with Crippen LogP contribution in [0, 0.1) is 0 Å². The van der Waals surface area contributed by atoms with Crippen molar-refractivity contribution in [3.63, 3.8) is 0 Å². The maximum Gasteiger partial charge on any atom is 0.119 e. The molecule has 3 heteroatoms. The van der Waals surface area contributed by atoms with Gasteiger partial charge in [-0.2, -0.15) is 0 Å². The molecule has 0 amide bonds. The third-order valence-corrected chi connectivity index (χ3v) is 2.40. The minimum Gasteiger partial charge on any atom is -0.490 e. The number of hydrogen-bond acceptors (Lipinski definition) is 3. The summed E-state index contributed by atoms with van der Waals surface area (Å²) in [4.78, 5) is 0. The van der Waals surface area contributed by atoms with Gasteiger partial charge >= 0.3 is 0 Å². The van der Waals surface area contributed by atoms with Gasteiger partial charge in [-0.25, -0.2) is 0 Å². The van der Waals surface area contributed by atoms with Crippen LogP contribution in [0.2, 0.25) is 0 Å². The van der Waals surface area contributed by atoms with Crippen molar-refractivity contribution in [2.45, 2.75) is 13.0 Å². The first-order valence-corrected chi connectivity index (χ1v) is 6.04. The summed E-state index contributed by atoms with van der Waals surface area (Å²) in [6, 6.07) is 8.16. The quantitative estimate of drug-likeness (QED) is 0.506. The minimum atomic E-state index is 0.557. The van der Waals surface area contributed by atoms with Crippen molar-refractivity contribution in [3.05, 3.63) is 42.5 Å². The maximum absolute atomic E-state index is 5.42. The van der Waals surface area contributed by atoms with E-state index in [9.17, 15) is 0 Å². The van der Waals surface area contributed by atoms with Gasteiger partial charge < -0.3 is 15.4 Å². The highest BCUT2D eigenvalue weighted by atomic mass is 16.5. The molecule has 1 aromatic rings. The van der Waals surface area contributed by atoms with Crippen LogP contribution in [-0.4, -0.2) is 26.7 Å². The van der Waals surface area contributed by atoms with E-state index in [1.165, 1.54) is 5.56 Å². The van der Waals surface area contributed by atoms with E-state index in [1.807, 2.05) is 19.2 Å². The zero-order valence-electron chi connectivity index (χ0n) is 10.5. The molecule has 0 saturated carbocycles. The van der Waals surface area contributed by atoms with Crippen molar-refractivity contribution in [3.8, 4) is 5.75 Å². The molecule has 17 heavy (non-hydrogen) atoms. The van der Waals surface area contributed by atoms with Crippen molar-refractivity contribution in [1.29, 1.82) is 0 Å². The summed E-state index contributed by atoms with van der Waals surface area (Å²) >= 11 is 0. The molecular formula is C14H22N2O. The van der Waals surface area contributed by atoms with E-state index in [2.05, 4.69) is 29.3 Å². The van der Waals surface area contributed by atoms with Crippen molar-refractivity contribution < 1.29 is 4.74 Å². The zero-order valence-corrected chi connectivity index (χ0v) is 10.5.